The molecule has 2 N–H and O–H groups in total. The van der Waals surface area contributed by atoms with Gasteiger partial charge in [-0.2, -0.15) is 0 Å². The Morgan fingerprint density at radius 2 is 1.67 bits per heavy atom. The van der Waals surface area contributed by atoms with Gasteiger partial charge in [-0.1, -0.05) is 65.1 Å². The summed E-state index contributed by atoms with van der Waals surface area (Å²) in [6.45, 7) is 0.502. The van der Waals surface area contributed by atoms with E-state index in [0.717, 1.165) is 27.1 Å². The molecule has 3 nitrogen and oxygen atoms in total. The van der Waals surface area contributed by atoms with Crippen molar-refractivity contribution in [3.05, 3.63) is 87.4 Å². The van der Waals surface area contributed by atoms with Crippen LogP contribution in [0.15, 0.2) is 71.6 Å². The van der Waals surface area contributed by atoms with Gasteiger partial charge in [0.15, 0.2) is 0 Å². The van der Waals surface area contributed by atoms with Crippen molar-refractivity contribution >= 4 is 63.4 Å². The number of fused-ring (bicyclic) bond motifs is 1. The molecule has 0 atom stereocenters. The van der Waals surface area contributed by atoms with Gasteiger partial charge in [0.2, 0.25) is 0 Å². The van der Waals surface area contributed by atoms with Crippen LogP contribution in [0.2, 0.25) is 15.1 Å². The molecule has 0 radical (unpaired) electrons. The highest BCUT2D eigenvalue weighted by Gasteiger charge is 2.14. The van der Waals surface area contributed by atoms with Crippen LogP contribution in [0, 0.1) is 0 Å². The summed E-state index contributed by atoms with van der Waals surface area (Å²) in [5.74, 6) is 0.494. The van der Waals surface area contributed by atoms with E-state index in [2.05, 4.69) is 22.4 Å². The van der Waals surface area contributed by atoms with Crippen molar-refractivity contribution in [1.29, 1.82) is 0 Å². The molecule has 0 saturated carbocycles. The smallest absolute Gasteiger partial charge is 0.252 e. The Kier molecular flexibility index (Phi) is 6.59. The van der Waals surface area contributed by atoms with Gasteiger partial charge in [-0.3, -0.25) is 4.79 Å². The molecule has 0 bridgehead atoms. The maximum absolute atomic E-state index is 12.4. The third-order valence-electron chi connectivity index (χ3n) is 4.60. The predicted octanol–water partition coefficient (Wildman–Crippen LogP) is 7.32. The van der Waals surface area contributed by atoms with Crippen LogP contribution in [0.4, 0.5) is 0 Å². The van der Waals surface area contributed by atoms with Gasteiger partial charge >= 0.3 is 0 Å². The summed E-state index contributed by atoms with van der Waals surface area (Å²) in [4.78, 5) is 17.1. The van der Waals surface area contributed by atoms with Crippen LogP contribution >= 0.6 is 46.6 Å². The Balaban J connectivity index is 1.49. The monoisotopic (exact) mass is 474 g/mol. The Labute approximate surface area is 193 Å². The SMILES string of the molecule is O=C(NCCSc1c(-c2ccc(Cl)cc2)[nH]c2ccccc12)c1ccc(Cl)cc1Cl. The van der Waals surface area contributed by atoms with E-state index in [4.69, 9.17) is 34.8 Å². The van der Waals surface area contributed by atoms with Crippen molar-refractivity contribution < 1.29 is 4.79 Å². The fourth-order valence-corrected chi connectivity index (χ4v) is 4.85. The number of hydrogen-bond donors (Lipinski definition) is 2. The molecule has 1 aromatic heterocycles. The van der Waals surface area contributed by atoms with Gasteiger partial charge in [0.1, 0.15) is 0 Å². The average Bonchev–Trinajstić information content (AvgIpc) is 3.10. The molecule has 0 aliphatic rings. The Bertz CT molecular complexity index is 1210. The van der Waals surface area contributed by atoms with Crippen LogP contribution in [0.25, 0.3) is 22.2 Å². The van der Waals surface area contributed by atoms with Gasteiger partial charge in [-0.05, 0) is 42.0 Å². The molecule has 0 saturated heterocycles. The third kappa shape index (κ3) is 4.62. The Hall–Kier alpha value is -2.11. The predicted molar refractivity (Wildman–Crippen MR) is 128 cm³/mol. The van der Waals surface area contributed by atoms with E-state index in [-0.39, 0.29) is 5.91 Å². The second-order valence-electron chi connectivity index (χ2n) is 6.61. The molecular weight excluding hydrogens is 459 g/mol. The molecule has 1 amide bonds. The minimum Gasteiger partial charge on any atom is -0.354 e. The number of aromatic amines is 1. The number of amides is 1. The summed E-state index contributed by atoms with van der Waals surface area (Å²) in [6, 6.07) is 20.8. The largest absolute Gasteiger partial charge is 0.354 e. The Morgan fingerprint density at radius 1 is 0.933 bits per heavy atom. The zero-order valence-electron chi connectivity index (χ0n) is 15.7. The molecule has 152 valence electrons. The van der Waals surface area contributed by atoms with E-state index in [1.807, 2.05) is 36.4 Å². The molecule has 1 heterocycles. The van der Waals surface area contributed by atoms with Gasteiger partial charge in [0, 0.05) is 38.1 Å². The molecular formula is C23H17Cl3N2OS. The van der Waals surface area contributed by atoms with Crippen molar-refractivity contribution in [2.24, 2.45) is 0 Å². The first-order valence-corrected chi connectivity index (χ1v) is 11.4. The molecule has 7 heteroatoms. The molecule has 0 spiro atoms. The number of H-pyrrole nitrogens is 1. The molecule has 3 aromatic carbocycles. The number of carbonyl (C=O) groups is 1. The third-order valence-corrected chi connectivity index (χ3v) is 6.52. The number of hydrogen-bond acceptors (Lipinski definition) is 2. The van der Waals surface area contributed by atoms with Crippen LogP contribution < -0.4 is 5.32 Å². The number of aromatic nitrogens is 1. The number of nitrogens with one attached hydrogen (secondary N) is 2. The van der Waals surface area contributed by atoms with Crippen molar-refractivity contribution in [2.75, 3.05) is 12.3 Å². The summed E-state index contributed by atoms with van der Waals surface area (Å²) in [5.41, 5.74) is 3.60. The van der Waals surface area contributed by atoms with E-state index < -0.39 is 0 Å². The van der Waals surface area contributed by atoms with Gasteiger partial charge in [0.25, 0.3) is 5.91 Å². The number of rotatable bonds is 6. The second kappa shape index (κ2) is 9.36. The van der Waals surface area contributed by atoms with Gasteiger partial charge in [-0.15, -0.1) is 11.8 Å². The Morgan fingerprint density at radius 3 is 2.43 bits per heavy atom. The molecule has 4 aromatic rings. The minimum atomic E-state index is -0.214. The van der Waals surface area contributed by atoms with Crippen molar-refractivity contribution in [1.82, 2.24) is 10.3 Å². The number of halogens is 3. The highest BCUT2D eigenvalue weighted by atomic mass is 35.5. The number of benzene rings is 3. The fraction of sp³-hybridized carbons (Fsp3) is 0.0870. The van der Waals surface area contributed by atoms with Crippen molar-refractivity contribution in [2.45, 2.75) is 4.90 Å². The van der Waals surface area contributed by atoms with E-state index in [9.17, 15) is 4.79 Å². The van der Waals surface area contributed by atoms with E-state index in [1.165, 1.54) is 0 Å². The second-order valence-corrected chi connectivity index (χ2v) is 9.00. The highest BCUT2D eigenvalue weighted by Crippen LogP contribution is 2.37. The molecule has 4 rings (SSSR count). The van der Waals surface area contributed by atoms with Crippen molar-refractivity contribution in [3.63, 3.8) is 0 Å². The zero-order valence-corrected chi connectivity index (χ0v) is 18.8. The number of para-hydroxylation sites is 1. The number of thioether (sulfide) groups is 1. The lowest BCUT2D eigenvalue weighted by Crippen LogP contribution is -2.25. The maximum Gasteiger partial charge on any atom is 0.252 e. The van der Waals surface area contributed by atoms with E-state index >= 15 is 0 Å². The van der Waals surface area contributed by atoms with Crippen LogP contribution in [0.5, 0.6) is 0 Å². The summed E-state index contributed by atoms with van der Waals surface area (Å²) < 4.78 is 0. The quantitative estimate of drug-likeness (QED) is 0.227. The van der Waals surface area contributed by atoms with Crippen LogP contribution in [0.3, 0.4) is 0 Å². The maximum atomic E-state index is 12.4. The van der Waals surface area contributed by atoms with Gasteiger partial charge in [0.05, 0.1) is 16.3 Å². The topological polar surface area (TPSA) is 44.9 Å². The van der Waals surface area contributed by atoms with E-state index in [1.54, 1.807) is 30.0 Å². The van der Waals surface area contributed by atoms with E-state index in [0.29, 0.717) is 32.9 Å². The first kappa shape index (κ1) is 21.1. The lowest BCUT2D eigenvalue weighted by atomic mass is 10.1. The summed E-state index contributed by atoms with van der Waals surface area (Å²) in [6.07, 6.45) is 0. The molecule has 0 aliphatic carbocycles. The fourth-order valence-electron chi connectivity index (χ4n) is 3.17. The average molecular weight is 476 g/mol. The highest BCUT2D eigenvalue weighted by molar-refractivity contribution is 7.99. The van der Waals surface area contributed by atoms with Crippen LogP contribution in [-0.4, -0.2) is 23.2 Å². The lowest BCUT2D eigenvalue weighted by molar-refractivity contribution is 0.0956. The normalized spacial score (nSPS) is 11.0. The van der Waals surface area contributed by atoms with Crippen LogP contribution in [0.1, 0.15) is 10.4 Å². The molecule has 0 fully saturated rings. The minimum absolute atomic E-state index is 0.214. The lowest BCUT2D eigenvalue weighted by Gasteiger charge is -2.08. The summed E-state index contributed by atoms with van der Waals surface area (Å²) in [7, 11) is 0. The zero-order chi connectivity index (χ0) is 21.1. The van der Waals surface area contributed by atoms with Crippen LogP contribution in [-0.2, 0) is 0 Å². The first-order chi connectivity index (χ1) is 14.5. The van der Waals surface area contributed by atoms with Gasteiger partial charge < -0.3 is 10.3 Å². The molecule has 0 unspecified atom stereocenters. The summed E-state index contributed by atoms with van der Waals surface area (Å²) >= 11 is 19.8. The van der Waals surface area contributed by atoms with Crippen molar-refractivity contribution in [3.8, 4) is 11.3 Å². The first-order valence-electron chi connectivity index (χ1n) is 9.25. The summed E-state index contributed by atoms with van der Waals surface area (Å²) in [5, 5.41) is 5.62. The standard InChI is InChI=1S/C23H17Cl3N2OS/c24-15-7-5-14(6-8-15)21-22(18-3-1-2-4-20(18)28-21)30-12-11-27-23(29)17-10-9-16(25)13-19(17)26/h1-10,13,28H,11-12H2,(H,27,29). The number of carbonyl (C=O) groups excluding carboxylic acids is 1. The molecule has 0 aliphatic heterocycles. The van der Waals surface area contributed by atoms with Gasteiger partial charge in [-0.25, -0.2) is 0 Å². The molecule has 30 heavy (non-hydrogen) atoms.